The standard InChI is InChI=1S/C19H33NO/c1-6-13-19(5,16-20-18(2,3)4)14-10-15-21-17-11-8-7-9-12-17/h7-9,11-12,20H,6,10,13-16H2,1-5H3. The highest BCUT2D eigenvalue weighted by atomic mass is 16.5. The van der Waals surface area contributed by atoms with Crippen molar-refractivity contribution in [3.63, 3.8) is 0 Å². The maximum atomic E-state index is 5.80. The van der Waals surface area contributed by atoms with Gasteiger partial charge in [-0.1, -0.05) is 38.5 Å². The zero-order valence-electron chi connectivity index (χ0n) is 14.5. The topological polar surface area (TPSA) is 21.3 Å². The highest BCUT2D eigenvalue weighted by molar-refractivity contribution is 5.20. The van der Waals surface area contributed by atoms with Crippen molar-refractivity contribution in [3.8, 4) is 5.75 Å². The molecule has 120 valence electrons. The minimum Gasteiger partial charge on any atom is -0.494 e. The average molecular weight is 291 g/mol. The fraction of sp³-hybridized carbons (Fsp3) is 0.684. The van der Waals surface area contributed by atoms with Crippen molar-refractivity contribution in [2.24, 2.45) is 5.41 Å². The smallest absolute Gasteiger partial charge is 0.119 e. The number of hydrogen-bond acceptors (Lipinski definition) is 2. The van der Waals surface area contributed by atoms with Crippen LogP contribution < -0.4 is 10.1 Å². The predicted octanol–water partition coefficient (Wildman–Crippen LogP) is 5.04. The van der Waals surface area contributed by atoms with Crippen LogP contribution in [0.3, 0.4) is 0 Å². The molecule has 0 aliphatic carbocycles. The Hall–Kier alpha value is -1.02. The van der Waals surface area contributed by atoms with Gasteiger partial charge in [-0.25, -0.2) is 0 Å². The molecular formula is C19H33NO. The van der Waals surface area contributed by atoms with E-state index in [-0.39, 0.29) is 5.54 Å². The molecule has 0 heterocycles. The van der Waals surface area contributed by atoms with Crippen LogP contribution in [0.15, 0.2) is 30.3 Å². The summed E-state index contributed by atoms with van der Waals surface area (Å²) in [6.07, 6.45) is 4.82. The summed E-state index contributed by atoms with van der Waals surface area (Å²) in [4.78, 5) is 0. The monoisotopic (exact) mass is 291 g/mol. The predicted molar refractivity (Wildman–Crippen MR) is 91.9 cm³/mol. The molecule has 2 heteroatoms. The zero-order valence-corrected chi connectivity index (χ0v) is 14.5. The summed E-state index contributed by atoms with van der Waals surface area (Å²) in [6, 6.07) is 10.1. The van der Waals surface area contributed by atoms with Gasteiger partial charge in [0.25, 0.3) is 0 Å². The third-order valence-electron chi connectivity index (χ3n) is 3.84. The van der Waals surface area contributed by atoms with Crippen molar-refractivity contribution in [1.29, 1.82) is 0 Å². The molecule has 1 rings (SSSR count). The fourth-order valence-corrected chi connectivity index (χ4v) is 2.59. The van der Waals surface area contributed by atoms with E-state index in [1.807, 2.05) is 30.3 Å². The molecule has 21 heavy (non-hydrogen) atoms. The van der Waals surface area contributed by atoms with Crippen LogP contribution >= 0.6 is 0 Å². The van der Waals surface area contributed by atoms with E-state index in [0.29, 0.717) is 5.41 Å². The highest BCUT2D eigenvalue weighted by Gasteiger charge is 2.24. The first-order valence-corrected chi connectivity index (χ1v) is 8.27. The normalized spacial score (nSPS) is 14.7. The van der Waals surface area contributed by atoms with Crippen LogP contribution in [-0.4, -0.2) is 18.7 Å². The number of para-hydroxylation sites is 1. The van der Waals surface area contributed by atoms with E-state index < -0.39 is 0 Å². The van der Waals surface area contributed by atoms with Crippen molar-refractivity contribution in [2.75, 3.05) is 13.2 Å². The number of hydrogen-bond donors (Lipinski definition) is 1. The van der Waals surface area contributed by atoms with Crippen LogP contribution in [0.2, 0.25) is 0 Å². The molecule has 0 radical (unpaired) electrons. The Morgan fingerprint density at radius 2 is 1.67 bits per heavy atom. The van der Waals surface area contributed by atoms with Gasteiger partial charge >= 0.3 is 0 Å². The van der Waals surface area contributed by atoms with Crippen molar-refractivity contribution in [3.05, 3.63) is 30.3 Å². The maximum absolute atomic E-state index is 5.80. The molecule has 0 aromatic heterocycles. The van der Waals surface area contributed by atoms with Crippen molar-refractivity contribution < 1.29 is 4.74 Å². The third kappa shape index (κ3) is 8.11. The minimum absolute atomic E-state index is 0.190. The molecule has 1 atom stereocenters. The largest absolute Gasteiger partial charge is 0.494 e. The quantitative estimate of drug-likeness (QED) is 0.644. The number of benzene rings is 1. The Balaban J connectivity index is 2.36. The molecule has 1 aromatic carbocycles. The maximum Gasteiger partial charge on any atom is 0.119 e. The van der Waals surface area contributed by atoms with Crippen LogP contribution in [0.5, 0.6) is 5.75 Å². The van der Waals surface area contributed by atoms with Gasteiger partial charge in [0.1, 0.15) is 5.75 Å². The first-order chi connectivity index (χ1) is 9.85. The van der Waals surface area contributed by atoms with Crippen LogP contribution in [0.4, 0.5) is 0 Å². The number of ether oxygens (including phenoxy) is 1. The van der Waals surface area contributed by atoms with E-state index in [0.717, 1.165) is 25.3 Å². The first-order valence-electron chi connectivity index (χ1n) is 8.27. The van der Waals surface area contributed by atoms with E-state index in [1.165, 1.54) is 19.3 Å². The summed E-state index contributed by atoms with van der Waals surface area (Å²) in [7, 11) is 0. The van der Waals surface area contributed by atoms with Crippen molar-refractivity contribution in [2.45, 2.75) is 65.8 Å². The van der Waals surface area contributed by atoms with Gasteiger partial charge in [-0.15, -0.1) is 0 Å². The van der Waals surface area contributed by atoms with Crippen LogP contribution in [-0.2, 0) is 0 Å². The van der Waals surface area contributed by atoms with E-state index in [1.54, 1.807) is 0 Å². The van der Waals surface area contributed by atoms with Gasteiger partial charge in [-0.2, -0.15) is 0 Å². The second kappa shape index (κ2) is 8.43. The van der Waals surface area contributed by atoms with Crippen LogP contribution in [0, 0.1) is 5.41 Å². The lowest BCUT2D eigenvalue weighted by Crippen LogP contribution is -2.43. The minimum atomic E-state index is 0.190. The molecule has 0 bridgehead atoms. The Morgan fingerprint density at radius 1 is 1.00 bits per heavy atom. The highest BCUT2D eigenvalue weighted by Crippen LogP contribution is 2.29. The van der Waals surface area contributed by atoms with Gasteiger partial charge in [0.15, 0.2) is 0 Å². The lowest BCUT2D eigenvalue weighted by atomic mass is 9.80. The van der Waals surface area contributed by atoms with E-state index in [2.05, 4.69) is 39.9 Å². The molecule has 1 unspecified atom stereocenters. The van der Waals surface area contributed by atoms with Gasteiger partial charge in [0.05, 0.1) is 6.61 Å². The fourth-order valence-electron chi connectivity index (χ4n) is 2.59. The number of rotatable bonds is 9. The first kappa shape index (κ1) is 18.0. The van der Waals surface area contributed by atoms with Crippen LogP contribution in [0.25, 0.3) is 0 Å². The van der Waals surface area contributed by atoms with E-state index >= 15 is 0 Å². The SMILES string of the molecule is CCCC(C)(CCCOc1ccccc1)CNC(C)(C)C. The molecule has 0 saturated heterocycles. The van der Waals surface area contributed by atoms with Gasteiger partial charge < -0.3 is 10.1 Å². The Morgan fingerprint density at radius 3 is 2.24 bits per heavy atom. The second-order valence-corrected chi connectivity index (χ2v) is 7.43. The molecule has 0 amide bonds. The van der Waals surface area contributed by atoms with Gasteiger partial charge in [0.2, 0.25) is 0 Å². The summed E-state index contributed by atoms with van der Waals surface area (Å²) in [6.45, 7) is 13.3. The zero-order chi connectivity index (χ0) is 15.8. The molecule has 0 aliphatic rings. The molecule has 0 aliphatic heterocycles. The van der Waals surface area contributed by atoms with Crippen LogP contribution in [0.1, 0.15) is 60.3 Å². The molecule has 0 spiro atoms. The molecule has 2 nitrogen and oxygen atoms in total. The lowest BCUT2D eigenvalue weighted by molar-refractivity contribution is 0.202. The summed E-state index contributed by atoms with van der Waals surface area (Å²) in [5.41, 5.74) is 0.553. The van der Waals surface area contributed by atoms with E-state index in [4.69, 9.17) is 4.74 Å². The van der Waals surface area contributed by atoms with E-state index in [9.17, 15) is 0 Å². The Labute approximate surface area is 131 Å². The summed E-state index contributed by atoms with van der Waals surface area (Å²) in [5.74, 6) is 0.975. The molecule has 0 saturated carbocycles. The second-order valence-electron chi connectivity index (χ2n) is 7.43. The van der Waals surface area contributed by atoms with Crippen molar-refractivity contribution >= 4 is 0 Å². The van der Waals surface area contributed by atoms with Gasteiger partial charge in [0, 0.05) is 12.1 Å². The Kier molecular flexibility index (Phi) is 7.24. The Bertz CT molecular complexity index is 382. The lowest BCUT2D eigenvalue weighted by Gasteiger charge is -2.33. The summed E-state index contributed by atoms with van der Waals surface area (Å²) >= 11 is 0. The van der Waals surface area contributed by atoms with Gasteiger partial charge in [-0.05, 0) is 57.6 Å². The van der Waals surface area contributed by atoms with Crippen molar-refractivity contribution in [1.82, 2.24) is 5.32 Å². The molecule has 1 N–H and O–H groups in total. The summed E-state index contributed by atoms with van der Waals surface area (Å²) in [5, 5.41) is 3.67. The molecule has 1 aromatic rings. The summed E-state index contributed by atoms with van der Waals surface area (Å²) < 4.78 is 5.80. The third-order valence-corrected chi connectivity index (χ3v) is 3.84. The number of nitrogens with one attached hydrogen (secondary N) is 1. The average Bonchev–Trinajstić information content (AvgIpc) is 2.43. The molecule has 0 fully saturated rings. The van der Waals surface area contributed by atoms with Gasteiger partial charge in [-0.3, -0.25) is 0 Å². The molecular weight excluding hydrogens is 258 g/mol.